The Labute approximate surface area is 181 Å². The predicted molar refractivity (Wildman–Crippen MR) is 114 cm³/mol. The summed E-state index contributed by atoms with van der Waals surface area (Å²) in [5.41, 5.74) is 1.01. The number of halogens is 1. The van der Waals surface area contributed by atoms with Crippen LogP contribution in [0.5, 0.6) is 5.75 Å². The summed E-state index contributed by atoms with van der Waals surface area (Å²) in [6.07, 6.45) is 0.821. The van der Waals surface area contributed by atoms with E-state index in [2.05, 4.69) is 5.32 Å². The van der Waals surface area contributed by atoms with Crippen LogP contribution in [0.15, 0.2) is 47.4 Å². The van der Waals surface area contributed by atoms with Crippen LogP contribution >= 0.6 is 11.6 Å². The molecule has 0 aliphatic carbocycles. The highest BCUT2D eigenvalue weighted by Gasteiger charge is 2.32. The van der Waals surface area contributed by atoms with E-state index in [0.29, 0.717) is 36.4 Å². The lowest BCUT2D eigenvalue weighted by atomic mass is 9.97. The summed E-state index contributed by atoms with van der Waals surface area (Å²) in [6, 6.07) is 13.1. The largest absolute Gasteiger partial charge is 0.492 e. The highest BCUT2D eigenvalue weighted by molar-refractivity contribution is 7.89. The number of anilines is 1. The van der Waals surface area contributed by atoms with E-state index in [1.165, 1.54) is 16.4 Å². The predicted octanol–water partition coefficient (Wildman–Crippen LogP) is 3.65. The van der Waals surface area contributed by atoms with E-state index in [-0.39, 0.29) is 34.8 Å². The van der Waals surface area contributed by atoms with Crippen molar-refractivity contribution >= 4 is 33.2 Å². The molecule has 1 saturated heterocycles. The average molecular weight is 448 g/mol. The Kier molecular flexibility index (Phi) is 6.98. The summed E-state index contributed by atoms with van der Waals surface area (Å²) >= 11 is 6.14. The van der Waals surface area contributed by atoms with Gasteiger partial charge in [-0.15, -0.1) is 0 Å². The number of nitrogens with one attached hydrogen (secondary N) is 1. The van der Waals surface area contributed by atoms with Crippen LogP contribution in [0.4, 0.5) is 5.69 Å². The molecule has 1 aliphatic rings. The Hall–Kier alpha value is -2.60. The van der Waals surface area contributed by atoms with Gasteiger partial charge in [-0.05, 0) is 56.2 Å². The van der Waals surface area contributed by atoms with Crippen molar-refractivity contribution in [2.45, 2.75) is 24.7 Å². The number of benzene rings is 2. The first-order valence-corrected chi connectivity index (χ1v) is 11.4. The summed E-state index contributed by atoms with van der Waals surface area (Å²) in [5.74, 6) is -0.0358. The SMILES string of the molecule is CCOc1ccc(S(=O)(=O)N2CCC(C(=O)Nc3cccc(C#N)c3)CC2)cc1Cl. The zero-order chi connectivity index (χ0) is 21.7. The van der Waals surface area contributed by atoms with Crippen LogP contribution in [0.3, 0.4) is 0 Å². The first kappa shape index (κ1) is 22.1. The van der Waals surface area contributed by atoms with E-state index < -0.39 is 10.0 Å². The molecule has 1 fully saturated rings. The average Bonchev–Trinajstić information content (AvgIpc) is 2.75. The molecule has 1 amide bonds. The fourth-order valence-electron chi connectivity index (χ4n) is 3.33. The van der Waals surface area contributed by atoms with Crippen LogP contribution in [0.2, 0.25) is 5.02 Å². The van der Waals surface area contributed by atoms with E-state index in [4.69, 9.17) is 21.6 Å². The maximum Gasteiger partial charge on any atom is 0.243 e. The molecule has 7 nitrogen and oxygen atoms in total. The van der Waals surface area contributed by atoms with Crippen LogP contribution < -0.4 is 10.1 Å². The molecule has 0 bridgehead atoms. The molecule has 1 N–H and O–H groups in total. The van der Waals surface area contributed by atoms with Gasteiger partial charge in [-0.1, -0.05) is 17.7 Å². The van der Waals surface area contributed by atoms with Gasteiger partial charge in [0, 0.05) is 24.7 Å². The van der Waals surface area contributed by atoms with Gasteiger partial charge in [-0.25, -0.2) is 8.42 Å². The van der Waals surface area contributed by atoms with Crippen LogP contribution in [0.1, 0.15) is 25.3 Å². The van der Waals surface area contributed by atoms with Crippen molar-refractivity contribution in [1.29, 1.82) is 5.26 Å². The summed E-state index contributed by atoms with van der Waals surface area (Å²) in [7, 11) is -3.71. The quantitative estimate of drug-likeness (QED) is 0.728. The standard InChI is InChI=1S/C21H22ClN3O4S/c1-2-29-20-7-6-18(13-19(20)22)30(27,28)25-10-8-16(9-11-25)21(26)24-17-5-3-4-15(12-17)14-23/h3-7,12-13,16H,2,8-11H2,1H3,(H,24,26). The Morgan fingerprint density at radius 1 is 1.27 bits per heavy atom. The molecule has 0 unspecified atom stereocenters. The number of sulfonamides is 1. The molecule has 2 aromatic rings. The minimum atomic E-state index is -3.71. The number of carbonyl (C=O) groups excluding carboxylic acids is 1. The number of carbonyl (C=O) groups is 1. The van der Waals surface area contributed by atoms with Crippen molar-refractivity contribution in [2.24, 2.45) is 5.92 Å². The minimum Gasteiger partial charge on any atom is -0.492 e. The Morgan fingerprint density at radius 2 is 2.00 bits per heavy atom. The van der Waals surface area contributed by atoms with E-state index >= 15 is 0 Å². The second-order valence-electron chi connectivity index (χ2n) is 6.89. The second-order valence-corrected chi connectivity index (χ2v) is 9.23. The molecule has 0 aromatic heterocycles. The molecular weight excluding hydrogens is 426 g/mol. The van der Waals surface area contributed by atoms with E-state index in [0.717, 1.165) is 0 Å². The van der Waals surface area contributed by atoms with Crippen molar-refractivity contribution in [1.82, 2.24) is 4.31 Å². The van der Waals surface area contributed by atoms with Gasteiger partial charge in [0.05, 0.1) is 28.2 Å². The topological polar surface area (TPSA) is 99.5 Å². The first-order chi connectivity index (χ1) is 14.3. The smallest absolute Gasteiger partial charge is 0.243 e. The fourth-order valence-corrected chi connectivity index (χ4v) is 5.13. The van der Waals surface area contributed by atoms with Crippen molar-refractivity contribution in [2.75, 3.05) is 25.0 Å². The van der Waals surface area contributed by atoms with Crippen molar-refractivity contribution in [3.63, 3.8) is 0 Å². The maximum atomic E-state index is 12.9. The van der Waals surface area contributed by atoms with E-state index in [1.54, 1.807) is 30.3 Å². The minimum absolute atomic E-state index is 0.104. The third-order valence-electron chi connectivity index (χ3n) is 4.92. The van der Waals surface area contributed by atoms with Crippen LogP contribution in [0, 0.1) is 17.2 Å². The number of nitrogens with zero attached hydrogens (tertiary/aromatic N) is 2. The molecule has 0 saturated carbocycles. The van der Waals surface area contributed by atoms with Crippen LogP contribution in [-0.4, -0.2) is 38.3 Å². The summed E-state index contributed by atoms with van der Waals surface area (Å²) < 4.78 is 32.6. The number of rotatable bonds is 6. The van der Waals surface area contributed by atoms with Gasteiger partial charge >= 0.3 is 0 Å². The summed E-state index contributed by atoms with van der Waals surface area (Å²) in [5, 5.41) is 12.0. The van der Waals surface area contributed by atoms with Crippen LogP contribution in [-0.2, 0) is 14.8 Å². The molecule has 1 heterocycles. The Bertz CT molecular complexity index is 1070. The van der Waals surface area contributed by atoms with Crippen LogP contribution in [0.25, 0.3) is 0 Å². The lowest BCUT2D eigenvalue weighted by Crippen LogP contribution is -2.41. The zero-order valence-corrected chi connectivity index (χ0v) is 18.0. The van der Waals surface area contributed by atoms with Crippen molar-refractivity contribution in [3.05, 3.63) is 53.1 Å². The maximum absolute atomic E-state index is 12.9. The highest BCUT2D eigenvalue weighted by atomic mass is 35.5. The lowest BCUT2D eigenvalue weighted by Gasteiger charge is -2.30. The second kappa shape index (κ2) is 9.47. The van der Waals surface area contributed by atoms with E-state index in [1.807, 2.05) is 13.0 Å². The number of nitriles is 1. The summed E-state index contributed by atoms with van der Waals surface area (Å²) in [4.78, 5) is 12.6. The lowest BCUT2D eigenvalue weighted by molar-refractivity contribution is -0.120. The molecule has 3 rings (SSSR count). The number of hydrogen-bond donors (Lipinski definition) is 1. The summed E-state index contributed by atoms with van der Waals surface area (Å²) in [6.45, 7) is 2.73. The molecule has 9 heteroatoms. The number of piperidine rings is 1. The van der Waals surface area contributed by atoms with Gasteiger partial charge < -0.3 is 10.1 Å². The normalized spacial score (nSPS) is 15.4. The molecule has 158 valence electrons. The zero-order valence-electron chi connectivity index (χ0n) is 16.5. The number of amides is 1. The Balaban J connectivity index is 1.63. The highest BCUT2D eigenvalue weighted by Crippen LogP contribution is 2.30. The molecule has 0 spiro atoms. The Morgan fingerprint density at radius 3 is 2.63 bits per heavy atom. The molecular formula is C21H22ClN3O4S. The molecule has 1 aliphatic heterocycles. The van der Waals surface area contributed by atoms with Gasteiger partial charge in [0.25, 0.3) is 0 Å². The third-order valence-corrected chi connectivity index (χ3v) is 7.11. The van der Waals surface area contributed by atoms with Gasteiger partial charge in [-0.3, -0.25) is 4.79 Å². The molecule has 0 radical (unpaired) electrons. The molecule has 2 aromatic carbocycles. The molecule has 30 heavy (non-hydrogen) atoms. The van der Waals surface area contributed by atoms with Gasteiger partial charge in [0.1, 0.15) is 5.75 Å². The third kappa shape index (κ3) is 4.93. The van der Waals surface area contributed by atoms with Crippen molar-refractivity contribution in [3.8, 4) is 11.8 Å². The first-order valence-electron chi connectivity index (χ1n) is 9.58. The monoisotopic (exact) mass is 447 g/mol. The molecule has 0 atom stereocenters. The number of ether oxygens (including phenoxy) is 1. The van der Waals surface area contributed by atoms with E-state index in [9.17, 15) is 13.2 Å². The van der Waals surface area contributed by atoms with Gasteiger partial charge in [0.2, 0.25) is 15.9 Å². The van der Waals surface area contributed by atoms with Gasteiger partial charge in [0.15, 0.2) is 0 Å². The van der Waals surface area contributed by atoms with Gasteiger partial charge in [-0.2, -0.15) is 9.57 Å². The van der Waals surface area contributed by atoms with Crippen molar-refractivity contribution < 1.29 is 17.9 Å². The fraction of sp³-hybridized carbons (Fsp3) is 0.333. The number of hydrogen-bond acceptors (Lipinski definition) is 5.